The third kappa shape index (κ3) is 2.64. The highest BCUT2D eigenvalue weighted by molar-refractivity contribution is 4.69. The molecule has 0 saturated carbocycles. The van der Waals surface area contributed by atoms with Gasteiger partial charge in [-0.2, -0.15) is 0 Å². The molecule has 0 aromatic carbocycles. The molecule has 3 nitrogen and oxygen atoms in total. The predicted molar refractivity (Wildman–Crippen MR) is 43.2 cm³/mol. The van der Waals surface area contributed by atoms with Crippen LogP contribution in [0.3, 0.4) is 0 Å². The fraction of sp³-hybridized carbons (Fsp3) is 1.00. The zero-order valence-electron chi connectivity index (χ0n) is 6.85. The lowest BCUT2D eigenvalue weighted by atomic mass is 10.3. The molecule has 0 unspecified atom stereocenters. The molecule has 1 saturated heterocycles. The van der Waals surface area contributed by atoms with Gasteiger partial charge >= 0.3 is 0 Å². The number of nitrogens with zero attached hydrogens (tertiary/aromatic N) is 1. The topological polar surface area (TPSA) is 46.8 Å². The molecule has 0 bridgehead atoms. The van der Waals surface area contributed by atoms with Crippen molar-refractivity contribution in [2.24, 2.45) is 0 Å². The average Bonchev–Trinajstić information content (AvgIpc) is 1.90. The Labute approximate surface area is 62.7 Å². The van der Waals surface area contributed by atoms with Gasteiger partial charge in [-0.15, -0.1) is 0 Å². The minimum absolute atomic E-state index is 0. The second kappa shape index (κ2) is 4.66. The van der Waals surface area contributed by atoms with Crippen molar-refractivity contribution in [3.05, 3.63) is 0 Å². The first-order valence-corrected chi connectivity index (χ1v) is 3.75. The second-order valence-electron chi connectivity index (χ2n) is 2.88. The van der Waals surface area contributed by atoms with Crippen molar-refractivity contribution in [1.82, 2.24) is 10.2 Å². The molecule has 10 heavy (non-hydrogen) atoms. The molecule has 0 aromatic rings. The molecule has 1 rings (SSSR count). The van der Waals surface area contributed by atoms with Crippen LogP contribution < -0.4 is 5.32 Å². The van der Waals surface area contributed by atoms with E-state index in [1.807, 2.05) is 0 Å². The van der Waals surface area contributed by atoms with Gasteiger partial charge in [-0.3, -0.25) is 4.90 Å². The Kier molecular flexibility index (Phi) is 4.60. The van der Waals surface area contributed by atoms with Crippen molar-refractivity contribution in [1.29, 1.82) is 0 Å². The summed E-state index contributed by atoms with van der Waals surface area (Å²) in [6.07, 6.45) is 0. The summed E-state index contributed by atoms with van der Waals surface area (Å²) in [5.41, 5.74) is 0. The van der Waals surface area contributed by atoms with Crippen LogP contribution in [0.15, 0.2) is 0 Å². The van der Waals surface area contributed by atoms with Crippen LogP contribution in [-0.2, 0) is 0 Å². The molecule has 0 atom stereocenters. The number of piperazine rings is 1. The van der Waals surface area contributed by atoms with Crippen molar-refractivity contribution in [3.63, 3.8) is 0 Å². The maximum atomic E-state index is 3.33. The Morgan fingerprint density at radius 3 is 2.00 bits per heavy atom. The van der Waals surface area contributed by atoms with E-state index in [-0.39, 0.29) is 5.48 Å². The van der Waals surface area contributed by atoms with Gasteiger partial charge in [0, 0.05) is 32.2 Å². The van der Waals surface area contributed by atoms with Gasteiger partial charge in [0.05, 0.1) is 0 Å². The van der Waals surface area contributed by atoms with E-state index in [1.54, 1.807) is 0 Å². The van der Waals surface area contributed by atoms with Gasteiger partial charge in [-0.25, -0.2) is 0 Å². The molecule has 1 aliphatic heterocycles. The SMILES string of the molecule is CC(C)N1CCNCC1.O. The molecule has 3 heteroatoms. The van der Waals surface area contributed by atoms with Crippen LogP contribution in [0.4, 0.5) is 0 Å². The fourth-order valence-electron chi connectivity index (χ4n) is 1.20. The quantitative estimate of drug-likeness (QED) is 0.541. The lowest BCUT2D eigenvalue weighted by Gasteiger charge is -2.30. The zero-order chi connectivity index (χ0) is 6.69. The second-order valence-corrected chi connectivity index (χ2v) is 2.88. The van der Waals surface area contributed by atoms with Crippen molar-refractivity contribution in [2.45, 2.75) is 19.9 Å². The van der Waals surface area contributed by atoms with Crippen LogP contribution in [0.25, 0.3) is 0 Å². The highest BCUT2D eigenvalue weighted by Crippen LogP contribution is 1.97. The smallest absolute Gasteiger partial charge is 0.0110 e. The largest absolute Gasteiger partial charge is 0.412 e. The standard InChI is InChI=1S/C7H16N2.H2O/c1-7(2)9-5-3-8-4-6-9;/h7-8H,3-6H2,1-2H3;1H2. The van der Waals surface area contributed by atoms with E-state index in [0.29, 0.717) is 0 Å². The minimum atomic E-state index is 0. The van der Waals surface area contributed by atoms with Gasteiger partial charge in [0.15, 0.2) is 0 Å². The molecule has 1 heterocycles. The molecule has 0 spiro atoms. The number of hydrogen-bond acceptors (Lipinski definition) is 2. The summed E-state index contributed by atoms with van der Waals surface area (Å²) in [5.74, 6) is 0. The van der Waals surface area contributed by atoms with Crippen LogP contribution in [0.5, 0.6) is 0 Å². The summed E-state index contributed by atoms with van der Waals surface area (Å²) in [5, 5.41) is 3.33. The van der Waals surface area contributed by atoms with Gasteiger partial charge in [-0.05, 0) is 13.8 Å². The van der Waals surface area contributed by atoms with E-state index >= 15 is 0 Å². The molecule has 0 aromatic heterocycles. The number of rotatable bonds is 1. The van der Waals surface area contributed by atoms with Crippen LogP contribution in [-0.4, -0.2) is 42.6 Å². The number of nitrogens with one attached hydrogen (secondary N) is 1. The Hall–Kier alpha value is -0.120. The van der Waals surface area contributed by atoms with Crippen LogP contribution in [0, 0.1) is 0 Å². The molecular formula is C7H18N2O. The normalized spacial score (nSPS) is 20.7. The van der Waals surface area contributed by atoms with E-state index in [1.165, 1.54) is 13.1 Å². The first kappa shape index (κ1) is 9.88. The molecule has 3 N–H and O–H groups in total. The van der Waals surface area contributed by atoms with Crippen LogP contribution >= 0.6 is 0 Å². The van der Waals surface area contributed by atoms with E-state index in [0.717, 1.165) is 19.1 Å². The predicted octanol–water partition coefficient (Wildman–Crippen LogP) is -0.525. The van der Waals surface area contributed by atoms with Gasteiger partial charge in [0.2, 0.25) is 0 Å². The Morgan fingerprint density at radius 1 is 1.20 bits per heavy atom. The Balaban J connectivity index is 0.000000810. The van der Waals surface area contributed by atoms with Crippen LogP contribution in [0.2, 0.25) is 0 Å². The first-order chi connectivity index (χ1) is 4.30. The summed E-state index contributed by atoms with van der Waals surface area (Å²) in [6.45, 7) is 9.28. The summed E-state index contributed by atoms with van der Waals surface area (Å²) in [4.78, 5) is 2.50. The lowest BCUT2D eigenvalue weighted by molar-refractivity contribution is 0.196. The highest BCUT2D eigenvalue weighted by atomic mass is 16.0. The van der Waals surface area contributed by atoms with Gasteiger partial charge in [0.1, 0.15) is 0 Å². The summed E-state index contributed by atoms with van der Waals surface area (Å²) in [6, 6.07) is 0.729. The molecule has 1 fully saturated rings. The molecule has 0 amide bonds. The van der Waals surface area contributed by atoms with E-state index in [9.17, 15) is 0 Å². The lowest BCUT2D eigenvalue weighted by Crippen LogP contribution is -2.46. The fourth-order valence-corrected chi connectivity index (χ4v) is 1.20. The summed E-state index contributed by atoms with van der Waals surface area (Å²) in [7, 11) is 0. The number of hydrogen-bond donors (Lipinski definition) is 1. The van der Waals surface area contributed by atoms with Crippen LogP contribution in [0.1, 0.15) is 13.8 Å². The van der Waals surface area contributed by atoms with E-state index in [4.69, 9.17) is 0 Å². The maximum absolute atomic E-state index is 3.33. The Bertz CT molecular complexity index is 79.7. The van der Waals surface area contributed by atoms with Crippen molar-refractivity contribution < 1.29 is 5.48 Å². The third-order valence-electron chi connectivity index (χ3n) is 1.88. The summed E-state index contributed by atoms with van der Waals surface area (Å²) >= 11 is 0. The van der Waals surface area contributed by atoms with E-state index in [2.05, 4.69) is 24.1 Å². The molecule has 1 aliphatic rings. The van der Waals surface area contributed by atoms with Gasteiger partial charge in [-0.1, -0.05) is 0 Å². The van der Waals surface area contributed by atoms with Crippen molar-refractivity contribution in [3.8, 4) is 0 Å². The van der Waals surface area contributed by atoms with Crippen molar-refractivity contribution in [2.75, 3.05) is 26.2 Å². The highest BCUT2D eigenvalue weighted by Gasteiger charge is 2.11. The minimum Gasteiger partial charge on any atom is -0.412 e. The zero-order valence-corrected chi connectivity index (χ0v) is 6.85. The Morgan fingerprint density at radius 2 is 1.70 bits per heavy atom. The third-order valence-corrected chi connectivity index (χ3v) is 1.88. The van der Waals surface area contributed by atoms with Crippen molar-refractivity contribution >= 4 is 0 Å². The average molecular weight is 146 g/mol. The van der Waals surface area contributed by atoms with Gasteiger partial charge < -0.3 is 10.8 Å². The van der Waals surface area contributed by atoms with Gasteiger partial charge in [0.25, 0.3) is 0 Å². The molecular weight excluding hydrogens is 128 g/mol. The molecule has 0 radical (unpaired) electrons. The maximum Gasteiger partial charge on any atom is 0.0110 e. The molecule has 62 valence electrons. The molecule has 0 aliphatic carbocycles. The monoisotopic (exact) mass is 146 g/mol. The summed E-state index contributed by atoms with van der Waals surface area (Å²) < 4.78 is 0. The van der Waals surface area contributed by atoms with E-state index < -0.39 is 0 Å². The first-order valence-electron chi connectivity index (χ1n) is 3.75.